The Morgan fingerprint density at radius 3 is 2.46 bits per heavy atom. The number of carbonyl (C=O) groups is 1. The highest BCUT2D eigenvalue weighted by Gasteiger charge is 2.46. The van der Waals surface area contributed by atoms with Crippen LogP contribution in [-0.2, 0) is 4.79 Å². The molecule has 2 rings (SSSR count). The molecule has 1 aliphatic carbocycles. The molecule has 1 heterocycles. The Morgan fingerprint density at radius 2 is 2.08 bits per heavy atom. The Hall–Kier alpha value is -0.530. The lowest BCUT2D eigenvalue weighted by atomic mass is 10.0. The molecule has 1 amide bonds. The van der Waals surface area contributed by atoms with E-state index in [1.165, 1.54) is 12.8 Å². The van der Waals surface area contributed by atoms with Gasteiger partial charge in [-0.3, -0.25) is 4.79 Å². The van der Waals surface area contributed by atoms with Crippen LogP contribution in [0.4, 0.5) is 0 Å². The summed E-state index contributed by atoms with van der Waals surface area (Å²) in [6, 6.07) is 0. The van der Waals surface area contributed by atoms with Crippen molar-refractivity contribution in [3.63, 3.8) is 0 Å². The lowest BCUT2D eigenvalue weighted by molar-refractivity contribution is -0.136. The highest BCUT2D eigenvalue weighted by molar-refractivity contribution is 5.82. The second-order valence-electron chi connectivity index (χ2n) is 5.23. The lowest BCUT2D eigenvalue weighted by Gasteiger charge is -2.31. The van der Waals surface area contributed by atoms with Crippen molar-refractivity contribution in [2.45, 2.75) is 45.6 Å². The number of carbonyl (C=O) groups excluding carboxylic acids is 1. The summed E-state index contributed by atoms with van der Waals surface area (Å²) in [6.45, 7) is 7.52. The first-order chi connectivity index (χ1) is 6.02. The van der Waals surface area contributed by atoms with Gasteiger partial charge in [-0.1, -0.05) is 6.92 Å². The molecule has 0 spiro atoms. The van der Waals surface area contributed by atoms with Crippen LogP contribution in [0.1, 0.15) is 40.0 Å². The van der Waals surface area contributed by atoms with Crippen LogP contribution in [0.3, 0.4) is 0 Å². The monoisotopic (exact) mass is 181 g/mol. The van der Waals surface area contributed by atoms with E-state index in [1.807, 2.05) is 0 Å². The molecule has 0 N–H and O–H groups in total. The zero-order valence-electron chi connectivity index (χ0n) is 8.84. The predicted molar refractivity (Wildman–Crippen MR) is 52.3 cm³/mol. The van der Waals surface area contributed by atoms with Gasteiger partial charge in [-0.25, -0.2) is 0 Å². The van der Waals surface area contributed by atoms with Crippen LogP contribution in [0.5, 0.6) is 0 Å². The molecule has 0 bridgehead atoms. The van der Waals surface area contributed by atoms with Gasteiger partial charge in [-0.05, 0) is 39.0 Å². The van der Waals surface area contributed by atoms with E-state index < -0.39 is 0 Å². The maximum atomic E-state index is 12.0. The van der Waals surface area contributed by atoms with Crippen LogP contribution in [0.25, 0.3) is 0 Å². The molecule has 1 aliphatic heterocycles. The summed E-state index contributed by atoms with van der Waals surface area (Å²) >= 11 is 0. The van der Waals surface area contributed by atoms with Crippen LogP contribution in [0.2, 0.25) is 0 Å². The number of hydrogen-bond donors (Lipinski definition) is 0. The smallest absolute Gasteiger partial charge is 0.226 e. The molecular formula is C11H19NO. The summed E-state index contributed by atoms with van der Waals surface area (Å²) in [5.74, 6) is 1.41. The maximum Gasteiger partial charge on any atom is 0.226 e. The molecule has 0 radical (unpaired) electrons. The Labute approximate surface area is 80.3 Å². The fourth-order valence-corrected chi connectivity index (χ4v) is 2.38. The molecule has 1 saturated heterocycles. The second-order valence-corrected chi connectivity index (χ2v) is 5.23. The minimum atomic E-state index is 0.124. The quantitative estimate of drug-likeness (QED) is 0.606. The van der Waals surface area contributed by atoms with Crippen LogP contribution in [0, 0.1) is 11.8 Å². The highest BCUT2D eigenvalue weighted by atomic mass is 16.2. The number of rotatable bonds is 1. The molecule has 2 heteroatoms. The van der Waals surface area contributed by atoms with Crippen molar-refractivity contribution >= 4 is 5.91 Å². The summed E-state index contributed by atoms with van der Waals surface area (Å²) in [5, 5.41) is 0. The molecule has 0 aromatic heterocycles. The minimum absolute atomic E-state index is 0.124. The van der Waals surface area contributed by atoms with E-state index in [-0.39, 0.29) is 5.54 Å². The van der Waals surface area contributed by atoms with Crippen molar-refractivity contribution in [2.75, 3.05) is 6.54 Å². The SMILES string of the molecule is C[C@H]1C[C@@H]1C(=O)N1CCCC1(C)C. The minimum Gasteiger partial charge on any atom is -0.337 e. The Balaban J connectivity index is 2.04. The van der Waals surface area contributed by atoms with Gasteiger partial charge >= 0.3 is 0 Å². The van der Waals surface area contributed by atoms with Crippen molar-refractivity contribution in [2.24, 2.45) is 11.8 Å². The molecule has 2 nitrogen and oxygen atoms in total. The van der Waals surface area contributed by atoms with Crippen molar-refractivity contribution in [3.05, 3.63) is 0 Å². The van der Waals surface area contributed by atoms with Crippen molar-refractivity contribution in [1.82, 2.24) is 4.90 Å². The molecule has 13 heavy (non-hydrogen) atoms. The third kappa shape index (κ3) is 1.47. The van der Waals surface area contributed by atoms with E-state index in [4.69, 9.17) is 0 Å². The van der Waals surface area contributed by atoms with Crippen LogP contribution < -0.4 is 0 Å². The Bertz CT molecular complexity index is 234. The molecule has 0 unspecified atom stereocenters. The van der Waals surface area contributed by atoms with E-state index in [2.05, 4.69) is 25.7 Å². The normalized spacial score (nSPS) is 36.4. The average molecular weight is 181 g/mol. The Morgan fingerprint density at radius 1 is 1.46 bits per heavy atom. The standard InChI is InChI=1S/C11H19NO/c1-8-7-9(8)10(13)12-6-4-5-11(12,2)3/h8-9H,4-7H2,1-3H3/t8-,9-/m0/s1. The highest BCUT2D eigenvalue weighted by Crippen LogP contribution is 2.42. The summed E-state index contributed by atoms with van der Waals surface area (Å²) in [5.41, 5.74) is 0.124. The van der Waals surface area contributed by atoms with E-state index in [9.17, 15) is 4.79 Å². The van der Waals surface area contributed by atoms with Gasteiger partial charge in [0.25, 0.3) is 0 Å². The average Bonchev–Trinajstić information content (AvgIpc) is 2.64. The van der Waals surface area contributed by atoms with Crippen molar-refractivity contribution in [1.29, 1.82) is 0 Å². The molecule has 1 saturated carbocycles. The maximum absolute atomic E-state index is 12.0. The first kappa shape index (κ1) is 9.04. The molecule has 2 fully saturated rings. The Kier molecular flexibility index (Phi) is 1.90. The fraction of sp³-hybridized carbons (Fsp3) is 0.909. The van der Waals surface area contributed by atoms with Gasteiger partial charge in [0.15, 0.2) is 0 Å². The van der Waals surface area contributed by atoms with Gasteiger partial charge in [0, 0.05) is 18.0 Å². The van der Waals surface area contributed by atoms with Crippen molar-refractivity contribution < 1.29 is 4.79 Å². The van der Waals surface area contributed by atoms with Crippen LogP contribution in [-0.4, -0.2) is 22.9 Å². The van der Waals surface area contributed by atoms with Gasteiger partial charge in [0.05, 0.1) is 0 Å². The zero-order chi connectivity index (χ0) is 9.64. The number of nitrogens with zero attached hydrogens (tertiary/aromatic N) is 1. The van der Waals surface area contributed by atoms with Crippen LogP contribution >= 0.6 is 0 Å². The van der Waals surface area contributed by atoms with E-state index in [1.54, 1.807) is 0 Å². The van der Waals surface area contributed by atoms with Gasteiger partial charge in [0.2, 0.25) is 5.91 Å². The molecule has 0 aromatic rings. The number of likely N-dealkylation sites (tertiary alicyclic amines) is 1. The number of hydrogen-bond acceptors (Lipinski definition) is 1. The number of amides is 1. The second kappa shape index (κ2) is 2.73. The first-order valence-corrected chi connectivity index (χ1v) is 5.34. The molecular weight excluding hydrogens is 162 g/mol. The third-order valence-corrected chi connectivity index (χ3v) is 3.59. The van der Waals surface area contributed by atoms with Gasteiger partial charge in [-0.2, -0.15) is 0 Å². The van der Waals surface area contributed by atoms with E-state index in [0.717, 1.165) is 13.0 Å². The van der Waals surface area contributed by atoms with E-state index >= 15 is 0 Å². The molecule has 74 valence electrons. The van der Waals surface area contributed by atoms with Gasteiger partial charge in [-0.15, -0.1) is 0 Å². The molecule has 0 aromatic carbocycles. The fourth-order valence-electron chi connectivity index (χ4n) is 2.38. The van der Waals surface area contributed by atoms with Gasteiger partial charge in [0.1, 0.15) is 0 Å². The first-order valence-electron chi connectivity index (χ1n) is 5.34. The molecule has 2 aliphatic rings. The predicted octanol–water partition coefficient (Wildman–Crippen LogP) is 2.04. The third-order valence-electron chi connectivity index (χ3n) is 3.59. The topological polar surface area (TPSA) is 20.3 Å². The summed E-state index contributed by atoms with van der Waals surface area (Å²) in [4.78, 5) is 14.1. The van der Waals surface area contributed by atoms with Crippen molar-refractivity contribution in [3.8, 4) is 0 Å². The largest absolute Gasteiger partial charge is 0.337 e. The van der Waals surface area contributed by atoms with Crippen LogP contribution in [0.15, 0.2) is 0 Å². The van der Waals surface area contributed by atoms with E-state index in [0.29, 0.717) is 17.7 Å². The van der Waals surface area contributed by atoms with Gasteiger partial charge < -0.3 is 4.90 Å². The summed E-state index contributed by atoms with van der Waals surface area (Å²) in [7, 11) is 0. The summed E-state index contributed by atoms with van der Waals surface area (Å²) < 4.78 is 0. The lowest BCUT2D eigenvalue weighted by Crippen LogP contribution is -2.43. The zero-order valence-corrected chi connectivity index (χ0v) is 8.84. The molecule has 2 atom stereocenters. The summed E-state index contributed by atoms with van der Waals surface area (Å²) in [6.07, 6.45) is 3.46.